The topological polar surface area (TPSA) is 0 Å². The lowest BCUT2D eigenvalue weighted by Crippen LogP contribution is -2.01. The number of hydrogen-bond donors (Lipinski definition) is 2. The van der Waals surface area contributed by atoms with Gasteiger partial charge in [0.2, 0.25) is 0 Å². The van der Waals surface area contributed by atoms with Gasteiger partial charge in [-0.3, -0.25) is 0 Å². The lowest BCUT2D eigenvalue weighted by molar-refractivity contribution is 1.41. The van der Waals surface area contributed by atoms with E-state index in [9.17, 15) is 0 Å². The molecule has 114 valence electrons. The van der Waals surface area contributed by atoms with Crippen molar-refractivity contribution in [2.75, 3.05) is 34.5 Å². The molecule has 0 saturated heterocycles. The van der Waals surface area contributed by atoms with Crippen LogP contribution in [0.15, 0.2) is 20.6 Å². The highest BCUT2D eigenvalue weighted by molar-refractivity contribution is 8.24. The van der Waals surface area contributed by atoms with Crippen LogP contribution in [0.3, 0.4) is 0 Å². The molecule has 20 heavy (non-hydrogen) atoms. The second kappa shape index (κ2) is 10.9. The first-order valence-corrected chi connectivity index (χ1v) is 13.4. The van der Waals surface area contributed by atoms with Gasteiger partial charge in [-0.25, -0.2) is 0 Å². The standard InChI is InChI=1S/C12H18S8/c13-3-9-5-17-11(19-9)7-15-1-2-16-8-12-18-6-10(4-14)20-12/h5-6,11-14H,1-4,7-8H2. The van der Waals surface area contributed by atoms with Crippen molar-refractivity contribution in [1.29, 1.82) is 0 Å². The summed E-state index contributed by atoms with van der Waals surface area (Å²) < 4.78 is 1.44. The molecule has 0 radical (unpaired) electrons. The summed E-state index contributed by atoms with van der Waals surface area (Å²) in [6, 6.07) is 0. The van der Waals surface area contributed by atoms with Gasteiger partial charge in [-0.15, -0.1) is 47.0 Å². The third kappa shape index (κ3) is 6.81. The van der Waals surface area contributed by atoms with Crippen LogP contribution in [0.25, 0.3) is 0 Å². The third-order valence-corrected chi connectivity index (χ3v) is 12.1. The van der Waals surface area contributed by atoms with Crippen molar-refractivity contribution in [2.24, 2.45) is 0 Å². The first kappa shape index (κ1) is 18.6. The highest BCUT2D eigenvalue weighted by atomic mass is 32.2. The first-order valence-electron chi connectivity index (χ1n) is 6.21. The van der Waals surface area contributed by atoms with Gasteiger partial charge in [0, 0.05) is 44.3 Å². The van der Waals surface area contributed by atoms with Crippen molar-refractivity contribution in [1.82, 2.24) is 0 Å². The third-order valence-electron chi connectivity index (χ3n) is 2.46. The second-order valence-electron chi connectivity index (χ2n) is 4.00. The van der Waals surface area contributed by atoms with Gasteiger partial charge in [-0.2, -0.15) is 48.8 Å². The van der Waals surface area contributed by atoms with Gasteiger partial charge in [0.05, 0.1) is 9.16 Å². The molecule has 0 nitrogen and oxygen atoms in total. The van der Waals surface area contributed by atoms with E-state index in [2.05, 4.69) is 59.6 Å². The maximum Gasteiger partial charge on any atom is 0.0678 e. The zero-order valence-corrected chi connectivity index (χ0v) is 17.6. The summed E-state index contributed by atoms with van der Waals surface area (Å²) in [5.41, 5.74) is 0. The average molecular weight is 419 g/mol. The maximum atomic E-state index is 4.32. The van der Waals surface area contributed by atoms with Gasteiger partial charge in [0.25, 0.3) is 0 Å². The summed E-state index contributed by atoms with van der Waals surface area (Å²) >= 11 is 20.8. The molecule has 0 aliphatic carbocycles. The molecular formula is C12H18S8. The molecule has 2 aliphatic heterocycles. The quantitative estimate of drug-likeness (QED) is 0.366. The summed E-state index contributed by atoms with van der Waals surface area (Å²) in [5.74, 6) is 6.84. The van der Waals surface area contributed by atoms with Crippen LogP contribution < -0.4 is 0 Å². The van der Waals surface area contributed by atoms with E-state index in [0.29, 0.717) is 0 Å². The highest BCUT2D eigenvalue weighted by Crippen LogP contribution is 2.42. The summed E-state index contributed by atoms with van der Waals surface area (Å²) in [6.07, 6.45) is 0. The summed E-state index contributed by atoms with van der Waals surface area (Å²) in [6.45, 7) is 0. The van der Waals surface area contributed by atoms with Crippen molar-refractivity contribution in [2.45, 2.75) is 9.16 Å². The van der Waals surface area contributed by atoms with Gasteiger partial charge in [0.15, 0.2) is 0 Å². The Balaban J connectivity index is 1.41. The van der Waals surface area contributed by atoms with E-state index in [1.807, 2.05) is 47.0 Å². The van der Waals surface area contributed by atoms with Crippen molar-refractivity contribution in [3.8, 4) is 0 Å². The Morgan fingerprint density at radius 2 is 1.30 bits per heavy atom. The van der Waals surface area contributed by atoms with Crippen LogP contribution >= 0.6 is 95.8 Å². The van der Waals surface area contributed by atoms with E-state index in [4.69, 9.17) is 0 Å². The number of rotatable bonds is 9. The molecule has 0 aromatic carbocycles. The molecule has 0 spiro atoms. The Bertz CT molecular complexity index is 319. The lowest BCUT2D eigenvalue weighted by Gasteiger charge is -2.10. The fourth-order valence-corrected chi connectivity index (χ4v) is 10.3. The smallest absolute Gasteiger partial charge is 0.0678 e. The van der Waals surface area contributed by atoms with Crippen LogP contribution in [-0.4, -0.2) is 43.7 Å². The van der Waals surface area contributed by atoms with Crippen molar-refractivity contribution >= 4 is 95.8 Å². The van der Waals surface area contributed by atoms with Gasteiger partial charge in [-0.05, 0) is 10.8 Å². The number of hydrogen-bond acceptors (Lipinski definition) is 8. The zero-order chi connectivity index (χ0) is 14.2. The molecule has 0 fully saturated rings. The minimum absolute atomic E-state index is 0.718. The minimum Gasteiger partial charge on any atom is -0.174 e. The number of thiol groups is 2. The molecule has 0 amide bonds. The summed E-state index contributed by atoms with van der Waals surface area (Å²) in [5, 5.41) is 4.55. The molecule has 0 aromatic rings. The lowest BCUT2D eigenvalue weighted by atomic mass is 10.7. The Kier molecular flexibility index (Phi) is 10.2. The summed E-state index contributed by atoms with van der Waals surface area (Å²) in [7, 11) is 0. The minimum atomic E-state index is 0.718. The molecule has 0 aromatic heterocycles. The Morgan fingerprint density at radius 3 is 1.65 bits per heavy atom. The normalized spacial score (nSPS) is 25.9. The van der Waals surface area contributed by atoms with E-state index in [-0.39, 0.29) is 0 Å². The first-order chi connectivity index (χ1) is 9.81. The Morgan fingerprint density at radius 1 is 0.850 bits per heavy atom. The predicted molar refractivity (Wildman–Crippen MR) is 116 cm³/mol. The molecule has 2 rings (SSSR count). The van der Waals surface area contributed by atoms with E-state index in [1.54, 1.807) is 0 Å². The highest BCUT2D eigenvalue weighted by Gasteiger charge is 2.18. The Hall–Kier alpha value is 2.28. The molecule has 0 N–H and O–H groups in total. The number of thioether (sulfide) groups is 6. The molecule has 2 aliphatic rings. The van der Waals surface area contributed by atoms with Gasteiger partial charge in [0.1, 0.15) is 0 Å². The predicted octanol–water partition coefficient (Wildman–Crippen LogP) is 5.61. The van der Waals surface area contributed by atoms with Crippen LogP contribution in [-0.2, 0) is 0 Å². The molecule has 0 bridgehead atoms. The van der Waals surface area contributed by atoms with E-state index >= 15 is 0 Å². The van der Waals surface area contributed by atoms with Crippen LogP contribution in [0.4, 0.5) is 0 Å². The molecule has 8 heteroatoms. The fraction of sp³-hybridized carbons (Fsp3) is 0.667. The van der Waals surface area contributed by atoms with E-state index < -0.39 is 0 Å². The second-order valence-corrected chi connectivity index (χ2v) is 12.3. The zero-order valence-electron chi connectivity index (χ0n) is 10.9. The Labute approximate surface area is 158 Å². The summed E-state index contributed by atoms with van der Waals surface area (Å²) in [4.78, 5) is 2.86. The van der Waals surface area contributed by atoms with E-state index in [1.165, 1.54) is 32.8 Å². The monoisotopic (exact) mass is 418 g/mol. The van der Waals surface area contributed by atoms with Crippen LogP contribution in [0.2, 0.25) is 0 Å². The average Bonchev–Trinajstić information content (AvgIpc) is 3.11. The molecular weight excluding hydrogens is 401 g/mol. The fourth-order valence-electron chi connectivity index (χ4n) is 1.52. The SMILES string of the molecule is SCC1=CSC(CSCCSCC2SC=C(CS)S2)S1. The molecule has 2 heterocycles. The largest absolute Gasteiger partial charge is 0.174 e. The molecule has 0 saturated carbocycles. The van der Waals surface area contributed by atoms with Crippen LogP contribution in [0, 0.1) is 0 Å². The van der Waals surface area contributed by atoms with Crippen molar-refractivity contribution in [3.05, 3.63) is 20.6 Å². The van der Waals surface area contributed by atoms with Gasteiger partial charge < -0.3 is 0 Å². The van der Waals surface area contributed by atoms with Crippen LogP contribution in [0.1, 0.15) is 0 Å². The van der Waals surface area contributed by atoms with Crippen molar-refractivity contribution in [3.63, 3.8) is 0 Å². The van der Waals surface area contributed by atoms with Crippen LogP contribution in [0.5, 0.6) is 0 Å². The van der Waals surface area contributed by atoms with Gasteiger partial charge >= 0.3 is 0 Å². The molecule has 2 unspecified atom stereocenters. The van der Waals surface area contributed by atoms with Crippen molar-refractivity contribution < 1.29 is 0 Å². The maximum absolute atomic E-state index is 4.32. The van der Waals surface area contributed by atoms with Gasteiger partial charge in [-0.1, -0.05) is 0 Å². The molecule has 2 atom stereocenters. The van der Waals surface area contributed by atoms with E-state index in [0.717, 1.165) is 20.7 Å².